The molecule has 18 heteroatoms. The van der Waals surface area contributed by atoms with Gasteiger partial charge in [0.1, 0.15) is 29.8 Å². The summed E-state index contributed by atoms with van der Waals surface area (Å²) in [6.07, 6.45) is -1.16. The molecule has 0 saturated carbocycles. The summed E-state index contributed by atoms with van der Waals surface area (Å²) in [7, 11) is -9.16. The van der Waals surface area contributed by atoms with Crippen molar-refractivity contribution in [1.82, 2.24) is 14.0 Å². The van der Waals surface area contributed by atoms with Gasteiger partial charge in [0.2, 0.25) is 0 Å². The van der Waals surface area contributed by atoms with E-state index in [0.29, 0.717) is 28.3 Å². The summed E-state index contributed by atoms with van der Waals surface area (Å²) in [5.74, 6) is 0.613. The molecular weight excluding hydrogens is 646 g/mol. The van der Waals surface area contributed by atoms with Crippen molar-refractivity contribution >= 4 is 33.1 Å². The molecule has 246 valence electrons. The van der Waals surface area contributed by atoms with E-state index in [0.717, 1.165) is 0 Å². The fourth-order valence-electron chi connectivity index (χ4n) is 4.63. The first kappa shape index (κ1) is 33.5. The fraction of sp³-hybridized carbons (Fsp3) is 0.321. The van der Waals surface area contributed by atoms with E-state index in [2.05, 4.69) is 19.1 Å². The Balaban J connectivity index is 1.36. The van der Waals surface area contributed by atoms with E-state index in [1.54, 1.807) is 67.7 Å². The highest BCUT2D eigenvalue weighted by Gasteiger charge is 2.40. The Morgan fingerprint density at radius 1 is 1.09 bits per heavy atom. The Hall–Kier alpha value is -3.85. The number of anilines is 1. The number of benzene rings is 2. The molecule has 16 nitrogen and oxygen atoms in total. The van der Waals surface area contributed by atoms with Gasteiger partial charge in [0.05, 0.1) is 26.0 Å². The van der Waals surface area contributed by atoms with Crippen molar-refractivity contribution < 1.29 is 51.3 Å². The van der Waals surface area contributed by atoms with Gasteiger partial charge in [-0.2, -0.15) is 0 Å². The lowest BCUT2D eigenvalue weighted by molar-refractivity contribution is -0.245. The molecule has 0 spiro atoms. The molecule has 2 aromatic carbocycles. The number of phosphoric ester groups is 2. The topological polar surface area (TPSA) is 204 Å². The lowest BCUT2D eigenvalue weighted by Gasteiger charge is -2.31. The molecule has 46 heavy (non-hydrogen) atoms. The molecule has 1 N–H and O–H groups in total. The van der Waals surface area contributed by atoms with Gasteiger partial charge in [-0.15, -0.1) is 0 Å². The largest absolute Gasteiger partial charge is 0.756 e. The minimum Gasteiger partial charge on any atom is -0.756 e. The number of hydrogen-bond donors (Lipinski definition) is 1. The first-order valence-electron chi connectivity index (χ1n) is 14.0. The summed E-state index contributed by atoms with van der Waals surface area (Å²) in [5, 5.41) is 2.55. The Morgan fingerprint density at radius 2 is 1.85 bits per heavy atom. The lowest BCUT2D eigenvalue weighted by Crippen LogP contribution is -2.33. The minimum absolute atomic E-state index is 0.0945. The number of nitrogens with zero attached hydrogens (tertiary/aromatic N) is 3. The smallest absolute Gasteiger partial charge is 0.411 e. The number of ether oxygens (including phenoxy) is 3. The zero-order valence-electron chi connectivity index (χ0n) is 24.6. The third-order valence-electron chi connectivity index (χ3n) is 6.73. The standard InChI is InChI=1S/C28H32N4O12P2/c1-3-14-40-45(35,36)44-46(37,38)41-18-24-23(43-27(33)29-20-9-5-4-6-10-20)16-26(42-24)31-13-12-25-30-22(17-32(25)28(31)34)19-8-7-11-21(15-19)39-2/h4-13,15,17,23-24,26H,3,14,16,18H2,1-2H3,(H,29,33)(H,35,36)(H,37,38)/p-2/t23-,24-,26-/m1/s1. The summed E-state index contributed by atoms with van der Waals surface area (Å²) in [5.41, 5.74) is 1.46. The van der Waals surface area contributed by atoms with E-state index in [1.165, 1.54) is 22.3 Å². The predicted octanol–water partition coefficient (Wildman–Crippen LogP) is 3.47. The van der Waals surface area contributed by atoms with E-state index in [9.17, 15) is 28.5 Å². The van der Waals surface area contributed by atoms with Crippen LogP contribution in [0.15, 0.2) is 77.9 Å². The van der Waals surface area contributed by atoms with Gasteiger partial charge in [-0.1, -0.05) is 37.3 Å². The first-order chi connectivity index (χ1) is 22.0. The SMILES string of the molecule is CCCOP(=O)([O-])OP(=O)([O-])OC[C@H]1O[C@@H](n2ccc3nc(-c4cccc(OC)c4)cn3c2=O)C[C@H]1OC(=O)Nc1ccccc1. The van der Waals surface area contributed by atoms with Gasteiger partial charge in [0.15, 0.2) is 0 Å². The number of fused-ring (bicyclic) bond motifs is 1. The molecule has 2 aromatic heterocycles. The number of para-hydroxylation sites is 1. The molecule has 1 aliphatic rings. The lowest BCUT2D eigenvalue weighted by atomic mass is 10.1. The van der Waals surface area contributed by atoms with Crippen molar-refractivity contribution in [2.45, 2.75) is 38.2 Å². The van der Waals surface area contributed by atoms with Crippen molar-refractivity contribution in [3.05, 3.63) is 83.5 Å². The quantitative estimate of drug-likeness (QED) is 0.202. The molecule has 1 saturated heterocycles. The molecule has 2 unspecified atom stereocenters. The summed E-state index contributed by atoms with van der Waals surface area (Å²) in [4.78, 5) is 55.0. The number of hydrogen-bond acceptors (Lipinski definition) is 13. The maximum atomic E-state index is 13.6. The van der Waals surface area contributed by atoms with Gasteiger partial charge in [0, 0.05) is 30.1 Å². The number of rotatable bonds is 13. The highest BCUT2D eigenvalue weighted by atomic mass is 31.3. The van der Waals surface area contributed by atoms with Crippen LogP contribution in [0.25, 0.3) is 16.9 Å². The van der Waals surface area contributed by atoms with Crippen LogP contribution in [0.1, 0.15) is 26.0 Å². The zero-order chi connectivity index (χ0) is 32.9. The summed E-state index contributed by atoms with van der Waals surface area (Å²) >= 11 is 0. The maximum Gasteiger partial charge on any atom is 0.411 e. The summed E-state index contributed by atoms with van der Waals surface area (Å²) in [6.45, 7) is 0.513. The van der Waals surface area contributed by atoms with E-state index in [4.69, 9.17) is 18.7 Å². The molecular formula is C28H30N4O12P2-2. The summed E-state index contributed by atoms with van der Waals surface area (Å²) in [6, 6.07) is 17.1. The van der Waals surface area contributed by atoms with Crippen LogP contribution >= 0.6 is 15.6 Å². The van der Waals surface area contributed by atoms with Gasteiger partial charge in [-0.25, -0.2) is 18.9 Å². The highest BCUT2D eigenvalue weighted by Crippen LogP contribution is 2.55. The number of amides is 1. The second-order valence-corrected chi connectivity index (χ2v) is 13.0. The third-order valence-corrected chi connectivity index (χ3v) is 9.29. The Labute approximate surface area is 262 Å². The van der Waals surface area contributed by atoms with Crippen molar-refractivity contribution in [3.63, 3.8) is 0 Å². The van der Waals surface area contributed by atoms with Crippen LogP contribution in [0.4, 0.5) is 10.5 Å². The zero-order valence-corrected chi connectivity index (χ0v) is 26.4. The van der Waals surface area contributed by atoms with Crippen molar-refractivity contribution in [1.29, 1.82) is 0 Å². The first-order valence-corrected chi connectivity index (χ1v) is 16.9. The highest BCUT2D eigenvalue weighted by molar-refractivity contribution is 7.59. The van der Waals surface area contributed by atoms with Crippen LogP contribution < -0.4 is 25.5 Å². The number of nitrogens with one attached hydrogen (secondary N) is 1. The number of imidazole rings is 1. The average molecular weight is 677 g/mol. The van der Waals surface area contributed by atoms with Gasteiger partial charge in [0.25, 0.3) is 15.6 Å². The van der Waals surface area contributed by atoms with Crippen molar-refractivity contribution in [3.8, 4) is 17.0 Å². The third kappa shape index (κ3) is 8.29. The summed E-state index contributed by atoms with van der Waals surface area (Å²) < 4.78 is 56.8. The van der Waals surface area contributed by atoms with E-state index in [1.807, 2.05) is 6.07 Å². The number of methoxy groups -OCH3 is 1. The molecule has 0 bridgehead atoms. The molecule has 0 radical (unpaired) electrons. The van der Waals surface area contributed by atoms with Crippen LogP contribution in [0.2, 0.25) is 0 Å². The number of carbonyl (C=O) groups is 1. The van der Waals surface area contributed by atoms with Crippen molar-refractivity contribution in [2.24, 2.45) is 0 Å². The van der Waals surface area contributed by atoms with E-state index >= 15 is 0 Å². The molecule has 0 aliphatic carbocycles. The molecule has 4 aromatic rings. The van der Waals surface area contributed by atoms with Gasteiger partial charge in [-0.3, -0.25) is 23.4 Å². The predicted molar refractivity (Wildman–Crippen MR) is 159 cm³/mol. The van der Waals surface area contributed by atoms with E-state index < -0.39 is 52.5 Å². The van der Waals surface area contributed by atoms with Crippen LogP contribution in [-0.4, -0.2) is 52.6 Å². The second-order valence-electron chi connectivity index (χ2n) is 10.00. The molecule has 5 atom stereocenters. The van der Waals surface area contributed by atoms with Gasteiger partial charge in [-0.05, 0) is 36.8 Å². The average Bonchev–Trinajstić information content (AvgIpc) is 3.64. The molecule has 5 rings (SSSR count). The second kappa shape index (κ2) is 14.3. The van der Waals surface area contributed by atoms with Gasteiger partial charge < -0.3 is 33.0 Å². The molecule has 1 fully saturated rings. The monoisotopic (exact) mass is 676 g/mol. The Morgan fingerprint density at radius 3 is 2.59 bits per heavy atom. The maximum absolute atomic E-state index is 13.6. The molecule has 1 amide bonds. The van der Waals surface area contributed by atoms with Crippen LogP contribution in [-0.2, 0) is 32.0 Å². The molecule has 3 heterocycles. The van der Waals surface area contributed by atoms with Gasteiger partial charge >= 0.3 is 11.8 Å². The van der Waals surface area contributed by atoms with Crippen molar-refractivity contribution in [2.75, 3.05) is 25.6 Å². The number of carbonyl (C=O) groups excluding carboxylic acids is 1. The van der Waals surface area contributed by atoms with Crippen LogP contribution in [0.3, 0.4) is 0 Å². The Bertz CT molecular complexity index is 1830. The Kier molecular flexibility index (Phi) is 10.4. The number of phosphoric acid groups is 2. The fourth-order valence-corrected chi connectivity index (χ4v) is 6.72. The van der Waals surface area contributed by atoms with Crippen LogP contribution in [0, 0.1) is 0 Å². The normalized spacial score (nSPS) is 20.6. The molecule has 1 aliphatic heterocycles. The van der Waals surface area contributed by atoms with Crippen LogP contribution in [0.5, 0.6) is 5.75 Å². The van der Waals surface area contributed by atoms with E-state index in [-0.39, 0.29) is 19.4 Å². The number of aromatic nitrogens is 3. The minimum atomic E-state index is -5.47.